The predicted octanol–water partition coefficient (Wildman–Crippen LogP) is 11.6. The topological polar surface area (TPSA) is 364 Å². The van der Waals surface area contributed by atoms with Gasteiger partial charge in [-0.3, -0.25) is 13.7 Å². The van der Waals surface area contributed by atoms with Crippen molar-refractivity contribution in [2.24, 2.45) is 40.9 Å². The van der Waals surface area contributed by atoms with Crippen molar-refractivity contribution < 1.29 is 53.3 Å². The van der Waals surface area contributed by atoms with Crippen LogP contribution in [0.5, 0.6) is 17.2 Å². The van der Waals surface area contributed by atoms with Crippen LogP contribution in [0.2, 0.25) is 0 Å². The normalized spacial score (nSPS) is 12.6. The predicted molar refractivity (Wildman–Crippen MR) is 253 cm³/mol. The van der Waals surface area contributed by atoms with E-state index in [0.717, 1.165) is 29.3 Å². The molecule has 348 valence electrons. The number of anilines is 2. The fraction of sp³-hybridized carbons (Fsp3) is 0. The fourth-order valence-corrected chi connectivity index (χ4v) is 8.19. The van der Waals surface area contributed by atoms with Crippen molar-refractivity contribution in [3.05, 3.63) is 140 Å². The van der Waals surface area contributed by atoms with Crippen LogP contribution in [0.3, 0.4) is 0 Å². The monoisotopic (exact) mass is 988 g/mol. The molecule has 8 rings (SSSR count). The third-order valence-corrected chi connectivity index (χ3v) is 12.0. The Hall–Kier alpha value is -8.59. The summed E-state index contributed by atoms with van der Waals surface area (Å²) in [6.45, 7) is 0. The van der Waals surface area contributed by atoms with Crippen molar-refractivity contribution in [2.45, 2.75) is 9.79 Å². The number of hydrogen-bond acceptors (Lipinski definition) is 19. The number of aromatic hydroxyl groups is 2. The van der Waals surface area contributed by atoms with Crippen LogP contribution in [-0.4, -0.2) is 49.1 Å². The molecule has 0 amide bonds. The lowest BCUT2D eigenvalue weighted by Crippen LogP contribution is -2.06. The Balaban J connectivity index is 1.11. The van der Waals surface area contributed by atoms with Crippen molar-refractivity contribution in [1.29, 1.82) is 0 Å². The third kappa shape index (κ3) is 11.0. The molecular formula is C44H32N10O12S3. The smallest absolute Gasteiger partial charge is 0.446 e. The molecule has 0 heterocycles. The van der Waals surface area contributed by atoms with E-state index >= 15 is 0 Å². The minimum atomic E-state index is -5.19. The van der Waals surface area contributed by atoms with E-state index in [4.69, 9.17) is 11.5 Å². The van der Waals surface area contributed by atoms with Gasteiger partial charge >= 0.3 is 10.4 Å². The molecule has 0 atom stereocenters. The van der Waals surface area contributed by atoms with Gasteiger partial charge < -0.3 is 25.9 Å². The van der Waals surface area contributed by atoms with Gasteiger partial charge in [0.15, 0.2) is 11.5 Å². The quantitative estimate of drug-likeness (QED) is 0.0321. The standard InChI is InChI=1S/C44H32N10O12S3/c45-35-22-36(46)38(23-37(35)51-50-31-13-8-26-2-1-3-40(34(26)20-31)66-69(63,64)65)52-53-39-21-33(67(57,58)59)18-27-19-41(68(60,61)62)43(44(56)42(27)39)54-49-29-11-6-25(7-12-29)24-4-9-28(10-5-24)47-48-30-14-16-32(55)17-15-30/h1-23,55-56H,45-46H2,(H,57,58,59)(H,60,61,62)(H,63,64,65). The molecule has 25 heteroatoms. The van der Waals surface area contributed by atoms with Crippen molar-refractivity contribution in [2.75, 3.05) is 11.5 Å². The lowest BCUT2D eigenvalue weighted by Gasteiger charge is -2.12. The summed E-state index contributed by atoms with van der Waals surface area (Å²) in [5.41, 5.74) is 14.0. The minimum Gasteiger partial charge on any atom is -0.508 e. The fourth-order valence-electron chi connectivity index (χ4n) is 6.63. The third-order valence-electron chi connectivity index (χ3n) is 9.88. The molecule has 22 nitrogen and oxygen atoms in total. The summed E-state index contributed by atoms with van der Waals surface area (Å²) in [6, 6.07) is 33.8. The van der Waals surface area contributed by atoms with Crippen molar-refractivity contribution in [1.82, 2.24) is 0 Å². The Labute approximate surface area is 390 Å². The molecule has 69 heavy (non-hydrogen) atoms. The molecular weight excluding hydrogens is 957 g/mol. The number of azo groups is 4. The van der Waals surface area contributed by atoms with E-state index in [-0.39, 0.29) is 61.8 Å². The molecule has 8 aromatic carbocycles. The first-order valence-corrected chi connectivity index (χ1v) is 23.8. The Morgan fingerprint density at radius 1 is 0.464 bits per heavy atom. The summed E-state index contributed by atoms with van der Waals surface area (Å²) in [5, 5.41) is 54.1. The van der Waals surface area contributed by atoms with E-state index in [0.29, 0.717) is 16.8 Å². The van der Waals surface area contributed by atoms with Crippen LogP contribution in [-0.2, 0) is 30.6 Å². The highest BCUT2D eigenvalue weighted by Gasteiger charge is 2.26. The molecule has 0 saturated carbocycles. The van der Waals surface area contributed by atoms with Gasteiger partial charge in [0.2, 0.25) is 0 Å². The van der Waals surface area contributed by atoms with Crippen LogP contribution in [0.4, 0.5) is 56.9 Å². The maximum Gasteiger partial charge on any atom is 0.446 e. The maximum atomic E-state index is 12.7. The van der Waals surface area contributed by atoms with Gasteiger partial charge in [-0.25, -0.2) is 0 Å². The molecule has 8 aromatic rings. The van der Waals surface area contributed by atoms with Gasteiger partial charge in [-0.15, -0.1) is 20.5 Å². The van der Waals surface area contributed by atoms with Gasteiger partial charge in [-0.2, -0.15) is 45.7 Å². The van der Waals surface area contributed by atoms with Crippen LogP contribution in [0.1, 0.15) is 0 Å². The average molecular weight is 989 g/mol. The number of nitrogen functional groups attached to an aromatic ring is 2. The van der Waals surface area contributed by atoms with Crippen LogP contribution in [0.15, 0.2) is 190 Å². The zero-order valence-corrected chi connectivity index (χ0v) is 37.3. The highest BCUT2D eigenvalue weighted by Crippen LogP contribution is 2.47. The molecule has 0 spiro atoms. The van der Waals surface area contributed by atoms with Gasteiger partial charge in [-0.05, 0) is 119 Å². The minimum absolute atomic E-state index is 0.00278. The van der Waals surface area contributed by atoms with Crippen LogP contribution in [0, 0.1) is 0 Å². The number of fused-ring (bicyclic) bond motifs is 2. The van der Waals surface area contributed by atoms with E-state index in [2.05, 4.69) is 45.1 Å². The first-order valence-electron chi connectivity index (χ1n) is 19.5. The summed E-state index contributed by atoms with van der Waals surface area (Å²) < 4.78 is 107. The Morgan fingerprint density at radius 2 is 0.986 bits per heavy atom. The molecule has 9 N–H and O–H groups in total. The highest BCUT2D eigenvalue weighted by molar-refractivity contribution is 7.86. The first-order chi connectivity index (χ1) is 32.7. The van der Waals surface area contributed by atoms with Gasteiger partial charge in [0.05, 0.1) is 50.1 Å². The largest absolute Gasteiger partial charge is 0.508 e. The summed E-state index contributed by atoms with van der Waals surface area (Å²) in [5.74, 6) is -1.00. The second-order valence-electron chi connectivity index (χ2n) is 14.6. The molecule has 0 aliphatic rings. The van der Waals surface area contributed by atoms with Crippen molar-refractivity contribution >= 4 is 109 Å². The Kier molecular flexibility index (Phi) is 12.6. The van der Waals surface area contributed by atoms with E-state index in [9.17, 15) is 49.1 Å². The van der Waals surface area contributed by atoms with Gasteiger partial charge in [0.1, 0.15) is 27.7 Å². The molecule has 0 unspecified atom stereocenters. The highest BCUT2D eigenvalue weighted by atomic mass is 32.3. The number of rotatable bonds is 13. The molecule has 0 bridgehead atoms. The number of phenols is 2. The van der Waals surface area contributed by atoms with Crippen molar-refractivity contribution in [3.8, 4) is 28.4 Å². The molecule has 0 aromatic heterocycles. The van der Waals surface area contributed by atoms with E-state index in [1.165, 1.54) is 42.5 Å². The SMILES string of the molecule is Nc1cc(N)c(N=Nc2cc(S(=O)(=O)O)cc3cc(S(=O)(=O)O)c(N=Nc4ccc(-c5ccc(N=Nc6ccc(O)cc6)cc5)cc4)c(O)c23)cc1N=Nc1ccc2cccc(OS(=O)(=O)O)c2c1. The molecule has 0 aliphatic heterocycles. The lowest BCUT2D eigenvalue weighted by molar-refractivity contribution is 0.388. The van der Waals surface area contributed by atoms with Gasteiger partial charge in [0, 0.05) is 5.39 Å². The summed E-state index contributed by atoms with van der Waals surface area (Å²) >= 11 is 0. The zero-order valence-electron chi connectivity index (χ0n) is 34.8. The van der Waals surface area contributed by atoms with Crippen LogP contribution >= 0.6 is 0 Å². The summed E-state index contributed by atoms with van der Waals surface area (Å²) in [6.07, 6.45) is 0. The molecule has 0 saturated heterocycles. The van der Waals surface area contributed by atoms with E-state index in [1.807, 2.05) is 12.1 Å². The average Bonchev–Trinajstić information content (AvgIpc) is 3.29. The first kappa shape index (κ1) is 46.9. The maximum absolute atomic E-state index is 12.7. The number of nitrogens with zero attached hydrogens (tertiary/aromatic N) is 8. The summed E-state index contributed by atoms with van der Waals surface area (Å²) in [4.78, 5) is -1.77. The van der Waals surface area contributed by atoms with Gasteiger partial charge in [0.25, 0.3) is 20.2 Å². The molecule has 0 radical (unpaired) electrons. The van der Waals surface area contributed by atoms with Crippen molar-refractivity contribution in [3.63, 3.8) is 0 Å². The number of hydrogen-bond donors (Lipinski definition) is 7. The van der Waals surface area contributed by atoms with E-state index < -0.39 is 57.6 Å². The molecule has 0 fully saturated rings. The molecule has 0 aliphatic carbocycles. The number of nitrogens with two attached hydrogens (primary N) is 2. The van der Waals surface area contributed by atoms with Gasteiger partial charge in [-0.1, -0.05) is 42.5 Å². The Morgan fingerprint density at radius 3 is 1.55 bits per heavy atom. The number of benzene rings is 8. The zero-order chi connectivity index (χ0) is 49.3. The Bertz CT molecular complexity index is 3820. The van der Waals surface area contributed by atoms with E-state index in [1.54, 1.807) is 66.7 Å². The van der Waals surface area contributed by atoms with Crippen LogP contribution in [0.25, 0.3) is 32.7 Å². The second-order valence-corrected chi connectivity index (χ2v) is 18.4. The second kappa shape index (κ2) is 18.6. The van der Waals surface area contributed by atoms with Crippen LogP contribution < -0.4 is 15.7 Å². The lowest BCUT2D eigenvalue weighted by atomic mass is 10.1. The summed E-state index contributed by atoms with van der Waals surface area (Å²) in [7, 11) is -15.0. The number of phenolic OH excluding ortho intramolecular Hbond substituents is 2.